The predicted octanol–water partition coefficient (Wildman–Crippen LogP) is 0.523. The Kier molecular flexibility index (Phi) is 3.01. The van der Waals surface area contributed by atoms with E-state index in [2.05, 4.69) is 9.84 Å². The third-order valence-corrected chi connectivity index (χ3v) is 2.01. The Morgan fingerprint density at radius 1 is 1.71 bits per heavy atom. The number of ether oxygens (including phenoxy) is 1. The van der Waals surface area contributed by atoms with Crippen LogP contribution in [-0.2, 0) is 23.0 Å². The van der Waals surface area contributed by atoms with Gasteiger partial charge in [0.05, 0.1) is 25.4 Å². The van der Waals surface area contributed by atoms with E-state index in [9.17, 15) is 4.79 Å². The second kappa shape index (κ2) is 4.04. The summed E-state index contributed by atoms with van der Waals surface area (Å²) in [7, 11) is 3.08. The van der Waals surface area contributed by atoms with E-state index in [0.717, 1.165) is 0 Å². The highest BCUT2D eigenvalue weighted by Gasteiger charge is 2.13. The molecule has 14 heavy (non-hydrogen) atoms. The number of esters is 1. The first kappa shape index (κ1) is 10.4. The summed E-state index contributed by atoms with van der Waals surface area (Å²) in [6.45, 7) is 1.66. The van der Waals surface area contributed by atoms with Gasteiger partial charge in [0, 0.05) is 18.3 Å². The van der Waals surface area contributed by atoms with Crippen LogP contribution in [0.2, 0.25) is 0 Å². The maximum Gasteiger partial charge on any atom is 0.311 e. The van der Waals surface area contributed by atoms with Crippen molar-refractivity contribution in [1.29, 1.82) is 5.41 Å². The van der Waals surface area contributed by atoms with Crippen molar-refractivity contribution in [3.63, 3.8) is 0 Å². The third-order valence-electron chi connectivity index (χ3n) is 2.01. The molecule has 1 aromatic heterocycles. The number of rotatable bonds is 3. The number of hydrogen-bond acceptors (Lipinski definition) is 4. The second-order valence-corrected chi connectivity index (χ2v) is 3.01. The lowest BCUT2D eigenvalue weighted by molar-refractivity contribution is -0.139. The second-order valence-electron chi connectivity index (χ2n) is 3.01. The zero-order chi connectivity index (χ0) is 10.7. The number of nitrogens with zero attached hydrogens (tertiary/aromatic N) is 2. The molecule has 0 aromatic carbocycles. The van der Waals surface area contributed by atoms with Crippen molar-refractivity contribution in [1.82, 2.24) is 9.78 Å². The molecule has 0 aliphatic rings. The van der Waals surface area contributed by atoms with E-state index >= 15 is 0 Å². The number of carbonyl (C=O) groups excluding carboxylic acids is 1. The van der Waals surface area contributed by atoms with Gasteiger partial charge in [-0.15, -0.1) is 0 Å². The molecule has 1 aromatic rings. The molecule has 0 amide bonds. The normalized spacial score (nSPS) is 9.93. The van der Waals surface area contributed by atoms with Crippen LogP contribution < -0.4 is 0 Å². The largest absolute Gasteiger partial charge is 0.469 e. The van der Waals surface area contributed by atoms with E-state index in [1.165, 1.54) is 7.11 Å². The number of aromatic nitrogens is 2. The number of methoxy groups -OCH3 is 1. The summed E-state index contributed by atoms with van der Waals surface area (Å²) in [6.07, 6.45) is 1.74. The van der Waals surface area contributed by atoms with Gasteiger partial charge in [-0.1, -0.05) is 0 Å². The number of aryl methyl sites for hydroxylation is 1. The minimum absolute atomic E-state index is 0.151. The number of nitrogens with one attached hydrogen (secondary N) is 1. The average Bonchev–Trinajstić information content (AvgIpc) is 2.48. The molecule has 5 nitrogen and oxygen atoms in total. The highest BCUT2D eigenvalue weighted by atomic mass is 16.5. The van der Waals surface area contributed by atoms with Gasteiger partial charge in [-0.3, -0.25) is 9.48 Å². The summed E-state index contributed by atoms with van der Waals surface area (Å²) in [5, 5.41) is 11.5. The molecule has 0 aliphatic carbocycles. The topological polar surface area (TPSA) is 68.0 Å². The Morgan fingerprint density at radius 3 is 2.86 bits per heavy atom. The molecule has 0 fully saturated rings. The van der Waals surface area contributed by atoms with Crippen molar-refractivity contribution in [2.24, 2.45) is 7.05 Å². The quantitative estimate of drug-likeness (QED) is 0.564. The fraction of sp³-hybridized carbons (Fsp3) is 0.444. The van der Waals surface area contributed by atoms with Gasteiger partial charge in [-0.25, -0.2) is 0 Å². The van der Waals surface area contributed by atoms with Gasteiger partial charge >= 0.3 is 5.97 Å². The van der Waals surface area contributed by atoms with Crippen molar-refractivity contribution >= 4 is 11.7 Å². The van der Waals surface area contributed by atoms with E-state index in [1.807, 2.05) is 0 Å². The van der Waals surface area contributed by atoms with Gasteiger partial charge in [-0.2, -0.15) is 5.10 Å². The van der Waals surface area contributed by atoms with Gasteiger partial charge in [-0.05, 0) is 6.92 Å². The molecule has 1 heterocycles. The molecule has 5 heteroatoms. The van der Waals surface area contributed by atoms with E-state index < -0.39 is 0 Å². The Labute approximate surface area is 82.2 Å². The number of carbonyl (C=O) groups is 1. The van der Waals surface area contributed by atoms with E-state index in [0.29, 0.717) is 17.0 Å². The van der Waals surface area contributed by atoms with Crippen LogP contribution in [0.5, 0.6) is 0 Å². The highest BCUT2D eigenvalue weighted by Crippen LogP contribution is 2.09. The predicted molar refractivity (Wildman–Crippen MR) is 51.4 cm³/mol. The van der Waals surface area contributed by atoms with Crippen LogP contribution >= 0.6 is 0 Å². The standard InChI is InChI=1S/C9H13N3O2/c1-6(10)7-5-11-12(2)8(7)4-9(13)14-3/h5,10H,4H2,1-3H3. The molecule has 1 N–H and O–H groups in total. The monoisotopic (exact) mass is 195 g/mol. The van der Waals surface area contributed by atoms with Crippen LogP contribution in [0.25, 0.3) is 0 Å². The lowest BCUT2D eigenvalue weighted by atomic mass is 10.1. The van der Waals surface area contributed by atoms with Crippen LogP contribution in [0.3, 0.4) is 0 Å². The molecule has 0 bridgehead atoms. The number of hydrogen-bond donors (Lipinski definition) is 1. The summed E-state index contributed by atoms with van der Waals surface area (Å²) >= 11 is 0. The van der Waals surface area contributed by atoms with Crippen LogP contribution in [0.15, 0.2) is 6.20 Å². The molecule has 0 saturated carbocycles. The van der Waals surface area contributed by atoms with Crippen LogP contribution in [0, 0.1) is 5.41 Å². The lowest BCUT2D eigenvalue weighted by Crippen LogP contribution is -2.11. The Hall–Kier alpha value is -1.65. The summed E-state index contributed by atoms with van der Waals surface area (Å²) in [5.41, 5.74) is 1.80. The fourth-order valence-corrected chi connectivity index (χ4v) is 1.19. The summed E-state index contributed by atoms with van der Waals surface area (Å²) in [5.74, 6) is -0.323. The zero-order valence-corrected chi connectivity index (χ0v) is 8.50. The maximum atomic E-state index is 11.1. The van der Waals surface area contributed by atoms with E-state index in [-0.39, 0.29) is 12.4 Å². The summed E-state index contributed by atoms with van der Waals surface area (Å²) < 4.78 is 6.15. The first-order valence-corrected chi connectivity index (χ1v) is 4.19. The van der Waals surface area contributed by atoms with Crippen molar-refractivity contribution in [2.75, 3.05) is 7.11 Å². The van der Waals surface area contributed by atoms with Crippen LogP contribution in [-0.4, -0.2) is 28.6 Å². The minimum Gasteiger partial charge on any atom is -0.469 e. The molecule has 0 spiro atoms. The van der Waals surface area contributed by atoms with Gasteiger partial charge in [0.2, 0.25) is 0 Å². The Balaban J connectivity index is 2.99. The minimum atomic E-state index is -0.323. The zero-order valence-electron chi connectivity index (χ0n) is 8.50. The van der Waals surface area contributed by atoms with E-state index in [1.54, 1.807) is 24.9 Å². The van der Waals surface area contributed by atoms with Gasteiger partial charge < -0.3 is 10.1 Å². The van der Waals surface area contributed by atoms with E-state index in [4.69, 9.17) is 5.41 Å². The molecular formula is C9H13N3O2. The summed E-state index contributed by atoms with van der Waals surface area (Å²) in [4.78, 5) is 11.1. The van der Waals surface area contributed by atoms with Gasteiger partial charge in [0.1, 0.15) is 0 Å². The average molecular weight is 195 g/mol. The third kappa shape index (κ3) is 1.99. The maximum absolute atomic E-state index is 11.1. The molecule has 0 saturated heterocycles. The fourth-order valence-electron chi connectivity index (χ4n) is 1.19. The molecule has 0 radical (unpaired) electrons. The first-order chi connectivity index (χ1) is 6.56. The summed E-state index contributed by atoms with van der Waals surface area (Å²) in [6, 6.07) is 0. The van der Waals surface area contributed by atoms with Crippen LogP contribution in [0.4, 0.5) is 0 Å². The Morgan fingerprint density at radius 2 is 2.36 bits per heavy atom. The van der Waals surface area contributed by atoms with Crippen molar-refractivity contribution in [3.8, 4) is 0 Å². The molecule has 1 rings (SSSR count). The first-order valence-electron chi connectivity index (χ1n) is 4.19. The van der Waals surface area contributed by atoms with Crippen LogP contribution in [0.1, 0.15) is 18.2 Å². The van der Waals surface area contributed by atoms with Crippen molar-refractivity contribution in [3.05, 3.63) is 17.5 Å². The van der Waals surface area contributed by atoms with Crippen molar-refractivity contribution in [2.45, 2.75) is 13.3 Å². The molecule has 0 aliphatic heterocycles. The highest BCUT2D eigenvalue weighted by molar-refractivity contribution is 5.97. The Bertz CT molecular complexity index is 368. The molecule has 0 unspecified atom stereocenters. The van der Waals surface area contributed by atoms with Crippen molar-refractivity contribution < 1.29 is 9.53 Å². The SMILES string of the molecule is COC(=O)Cc1c(C(C)=N)cnn1C. The smallest absolute Gasteiger partial charge is 0.311 e. The molecular weight excluding hydrogens is 182 g/mol. The van der Waals surface area contributed by atoms with Gasteiger partial charge in [0.25, 0.3) is 0 Å². The molecule has 0 atom stereocenters. The lowest BCUT2D eigenvalue weighted by Gasteiger charge is -2.03. The molecule has 76 valence electrons. The van der Waals surface area contributed by atoms with Gasteiger partial charge in [0.15, 0.2) is 0 Å².